The maximum atomic E-state index is 12.8. The number of rotatable bonds is 5. The highest BCUT2D eigenvalue weighted by Crippen LogP contribution is 2.32. The minimum Gasteiger partial charge on any atom is -0.207 e. The molecular formula is C21H27F. The molecule has 1 saturated carbocycles. The van der Waals surface area contributed by atoms with Gasteiger partial charge in [-0.25, -0.2) is 4.39 Å². The fourth-order valence-electron chi connectivity index (χ4n) is 3.19. The molecule has 0 spiro atoms. The van der Waals surface area contributed by atoms with Crippen molar-refractivity contribution in [3.8, 4) is 11.8 Å². The molecule has 0 nitrogen and oxygen atoms in total. The molecule has 1 fully saturated rings. The first kappa shape index (κ1) is 16.8. The maximum Gasteiger partial charge on any atom is 0.123 e. The first-order valence-electron chi connectivity index (χ1n) is 8.71. The van der Waals surface area contributed by atoms with Crippen molar-refractivity contribution < 1.29 is 4.39 Å². The summed E-state index contributed by atoms with van der Waals surface area (Å²) in [6.07, 6.45) is 15.2. The Balaban J connectivity index is 1.71. The van der Waals surface area contributed by atoms with Crippen LogP contribution >= 0.6 is 0 Å². The van der Waals surface area contributed by atoms with Gasteiger partial charge in [-0.2, -0.15) is 0 Å². The van der Waals surface area contributed by atoms with Crippen molar-refractivity contribution in [1.29, 1.82) is 0 Å². The number of unbranched alkanes of at least 4 members (excludes halogenated alkanes) is 2. The van der Waals surface area contributed by atoms with Crippen molar-refractivity contribution in [3.05, 3.63) is 47.8 Å². The molecule has 118 valence electrons. The minimum atomic E-state index is -0.211. The van der Waals surface area contributed by atoms with Crippen LogP contribution in [0.5, 0.6) is 0 Å². The van der Waals surface area contributed by atoms with Gasteiger partial charge >= 0.3 is 0 Å². The maximum absolute atomic E-state index is 12.8. The third kappa shape index (κ3) is 6.06. The lowest BCUT2D eigenvalue weighted by molar-refractivity contribution is 0.289. The summed E-state index contributed by atoms with van der Waals surface area (Å²) < 4.78 is 12.8. The summed E-state index contributed by atoms with van der Waals surface area (Å²) in [6.45, 7) is 2.27. The van der Waals surface area contributed by atoms with Gasteiger partial charge in [0.15, 0.2) is 0 Å². The van der Waals surface area contributed by atoms with Gasteiger partial charge in [-0.3, -0.25) is 0 Å². The van der Waals surface area contributed by atoms with Gasteiger partial charge in [0.1, 0.15) is 5.82 Å². The molecule has 0 radical (unpaired) electrons. The predicted molar refractivity (Wildman–Crippen MR) is 92.0 cm³/mol. The van der Waals surface area contributed by atoms with E-state index in [1.165, 1.54) is 63.5 Å². The summed E-state index contributed by atoms with van der Waals surface area (Å²) in [7, 11) is 0. The standard InChI is InChI=1S/C21H27F/c1-2-3-4-7-18-10-12-19(13-11-18)8-5-6-9-20-14-16-21(22)17-15-20/h5,8,14-19H,2-4,7,10-13H2,1H3. The van der Waals surface area contributed by atoms with Gasteiger partial charge < -0.3 is 0 Å². The Bertz CT molecular complexity index is 507. The van der Waals surface area contributed by atoms with E-state index in [1.807, 2.05) is 6.08 Å². The molecule has 0 N–H and O–H groups in total. The Labute approximate surface area is 134 Å². The molecule has 0 aliphatic heterocycles. The summed E-state index contributed by atoms with van der Waals surface area (Å²) >= 11 is 0. The molecule has 0 bridgehead atoms. The second-order valence-corrected chi connectivity index (χ2v) is 6.41. The summed E-state index contributed by atoms with van der Waals surface area (Å²) in [5.41, 5.74) is 0.866. The number of hydrogen-bond donors (Lipinski definition) is 0. The number of halogens is 1. The van der Waals surface area contributed by atoms with E-state index in [4.69, 9.17) is 0 Å². The fourth-order valence-corrected chi connectivity index (χ4v) is 3.19. The van der Waals surface area contributed by atoms with E-state index < -0.39 is 0 Å². The number of allylic oxidation sites excluding steroid dienone is 2. The second kappa shape index (κ2) is 9.46. The predicted octanol–water partition coefficient (Wildman–Crippen LogP) is 6.12. The van der Waals surface area contributed by atoms with Gasteiger partial charge in [-0.1, -0.05) is 50.5 Å². The number of benzene rings is 1. The molecule has 0 unspecified atom stereocenters. The van der Waals surface area contributed by atoms with Gasteiger partial charge in [0.2, 0.25) is 0 Å². The van der Waals surface area contributed by atoms with Crippen LogP contribution in [0, 0.1) is 29.5 Å². The van der Waals surface area contributed by atoms with Crippen molar-refractivity contribution in [3.63, 3.8) is 0 Å². The molecule has 1 aromatic carbocycles. The highest BCUT2D eigenvalue weighted by atomic mass is 19.1. The quantitative estimate of drug-likeness (QED) is 0.454. The Kier molecular flexibility index (Phi) is 7.23. The third-order valence-electron chi connectivity index (χ3n) is 4.62. The molecule has 22 heavy (non-hydrogen) atoms. The molecule has 1 aliphatic carbocycles. The molecule has 0 aromatic heterocycles. The van der Waals surface area contributed by atoms with E-state index in [0.717, 1.165) is 11.5 Å². The molecule has 1 aliphatic rings. The summed E-state index contributed by atoms with van der Waals surface area (Å²) in [4.78, 5) is 0. The lowest BCUT2D eigenvalue weighted by atomic mass is 9.79. The molecule has 1 aromatic rings. The van der Waals surface area contributed by atoms with Crippen molar-refractivity contribution >= 4 is 0 Å². The molecule has 0 amide bonds. The molecule has 0 saturated heterocycles. The Morgan fingerprint density at radius 3 is 2.50 bits per heavy atom. The van der Waals surface area contributed by atoms with E-state index >= 15 is 0 Å². The molecule has 1 heteroatoms. The van der Waals surface area contributed by atoms with Crippen LogP contribution in [0.25, 0.3) is 0 Å². The molecule has 2 rings (SSSR count). The van der Waals surface area contributed by atoms with E-state index in [0.29, 0.717) is 5.92 Å². The van der Waals surface area contributed by atoms with Crippen molar-refractivity contribution in [2.45, 2.75) is 58.3 Å². The van der Waals surface area contributed by atoms with Crippen LogP contribution in [0.4, 0.5) is 4.39 Å². The van der Waals surface area contributed by atoms with E-state index in [9.17, 15) is 4.39 Å². The van der Waals surface area contributed by atoms with Crippen LogP contribution in [-0.4, -0.2) is 0 Å². The van der Waals surface area contributed by atoms with Gasteiger partial charge in [-0.05, 0) is 67.9 Å². The van der Waals surface area contributed by atoms with Crippen LogP contribution < -0.4 is 0 Å². The zero-order chi connectivity index (χ0) is 15.6. The molecule has 0 atom stereocenters. The van der Waals surface area contributed by atoms with E-state index in [-0.39, 0.29) is 5.82 Å². The van der Waals surface area contributed by atoms with Crippen molar-refractivity contribution in [2.24, 2.45) is 11.8 Å². The number of hydrogen-bond acceptors (Lipinski definition) is 0. The van der Waals surface area contributed by atoms with Gasteiger partial charge in [-0.15, -0.1) is 0 Å². The highest BCUT2D eigenvalue weighted by Gasteiger charge is 2.18. The first-order chi connectivity index (χ1) is 10.8. The third-order valence-corrected chi connectivity index (χ3v) is 4.62. The van der Waals surface area contributed by atoms with Crippen LogP contribution in [-0.2, 0) is 0 Å². The van der Waals surface area contributed by atoms with Gasteiger partial charge in [0.25, 0.3) is 0 Å². The molecule has 0 heterocycles. The Morgan fingerprint density at radius 1 is 1.09 bits per heavy atom. The average Bonchev–Trinajstić information content (AvgIpc) is 2.55. The summed E-state index contributed by atoms with van der Waals surface area (Å²) in [5.74, 6) is 7.57. The van der Waals surface area contributed by atoms with E-state index in [1.54, 1.807) is 12.1 Å². The van der Waals surface area contributed by atoms with Gasteiger partial charge in [0.05, 0.1) is 0 Å². The Morgan fingerprint density at radius 2 is 1.82 bits per heavy atom. The largest absolute Gasteiger partial charge is 0.207 e. The lowest BCUT2D eigenvalue weighted by Crippen LogP contribution is -2.12. The second-order valence-electron chi connectivity index (χ2n) is 6.41. The van der Waals surface area contributed by atoms with Crippen LogP contribution in [0.3, 0.4) is 0 Å². The smallest absolute Gasteiger partial charge is 0.123 e. The Hall–Kier alpha value is -1.55. The average molecular weight is 298 g/mol. The fraction of sp³-hybridized carbons (Fsp3) is 0.524. The topological polar surface area (TPSA) is 0 Å². The van der Waals surface area contributed by atoms with Crippen molar-refractivity contribution in [2.75, 3.05) is 0 Å². The molecular weight excluding hydrogens is 271 g/mol. The lowest BCUT2D eigenvalue weighted by Gasteiger charge is -2.26. The van der Waals surface area contributed by atoms with E-state index in [2.05, 4.69) is 24.8 Å². The summed E-state index contributed by atoms with van der Waals surface area (Å²) in [5, 5.41) is 0. The first-order valence-corrected chi connectivity index (χ1v) is 8.71. The van der Waals surface area contributed by atoms with Crippen LogP contribution in [0.15, 0.2) is 36.4 Å². The minimum absolute atomic E-state index is 0.211. The SMILES string of the molecule is CCCCCC1CCC(C=CC#Cc2ccc(F)cc2)CC1. The monoisotopic (exact) mass is 298 g/mol. The zero-order valence-electron chi connectivity index (χ0n) is 13.7. The van der Waals surface area contributed by atoms with Gasteiger partial charge in [0, 0.05) is 5.56 Å². The normalized spacial score (nSPS) is 21.5. The van der Waals surface area contributed by atoms with Crippen molar-refractivity contribution in [1.82, 2.24) is 0 Å². The summed E-state index contributed by atoms with van der Waals surface area (Å²) in [6, 6.07) is 6.34. The van der Waals surface area contributed by atoms with Crippen LogP contribution in [0.1, 0.15) is 63.9 Å². The highest BCUT2D eigenvalue weighted by molar-refractivity contribution is 5.36. The van der Waals surface area contributed by atoms with Crippen LogP contribution in [0.2, 0.25) is 0 Å². The zero-order valence-corrected chi connectivity index (χ0v) is 13.7.